The molecule has 1 aromatic heterocycles. The number of rotatable bonds is 6. The number of anilines is 2. The standard InChI is InChI=1S/C20H18N4O3/c25-19(21-9-8-14-4-2-1-3-5-14)15-11-22-20(23-12-15)24-16-6-7-17-18(10-16)27-13-26-17/h1-7,10-12H,8-9,13H2,(H,21,25)(H,22,23,24). The van der Waals surface area contributed by atoms with Crippen LogP contribution in [-0.2, 0) is 6.42 Å². The van der Waals surface area contributed by atoms with Gasteiger partial charge >= 0.3 is 0 Å². The Morgan fingerprint density at radius 2 is 1.78 bits per heavy atom. The monoisotopic (exact) mass is 362 g/mol. The highest BCUT2D eigenvalue weighted by Gasteiger charge is 2.13. The minimum atomic E-state index is -0.194. The molecular weight excluding hydrogens is 344 g/mol. The van der Waals surface area contributed by atoms with E-state index in [1.807, 2.05) is 48.5 Å². The Balaban J connectivity index is 1.32. The summed E-state index contributed by atoms with van der Waals surface area (Å²) in [4.78, 5) is 20.6. The van der Waals surface area contributed by atoms with Gasteiger partial charge in [0.05, 0.1) is 5.56 Å². The number of nitrogens with one attached hydrogen (secondary N) is 2. The maximum Gasteiger partial charge on any atom is 0.254 e. The lowest BCUT2D eigenvalue weighted by molar-refractivity contribution is 0.0953. The Bertz CT molecular complexity index is 930. The van der Waals surface area contributed by atoms with E-state index < -0.39 is 0 Å². The van der Waals surface area contributed by atoms with Crippen LogP contribution in [0.3, 0.4) is 0 Å². The van der Waals surface area contributed by atoms with E-state index in [0.29, 0.717) is 29.6 Å². The number of aromatic nitrogens is 2. The van der Waals surface area contributed by atoms with Gasteiger partial charge in [0, 0.05) is 30.7 Å². The van der Waals surface area contributed by atoms with Crippen molar-refractivity contribution in [2.75, 3.05) is 18.7 Å². The highest BCUT2D eigenvalue weighted by Crippen LogP contribution is 2.34. The van der Waals surface area contributed by atoms with Crippen molar-refractivity contribution in [2.24, 2.45) is 0 Å². The molecule has 27 heavy (non-hydrogen) atoms. The van der Waals surface area contributed by atoms with Crippen LogP contribution in [0.4, 0.5) is 11.6 Å². The third kappa shape index (κ3) is 4.14. The molecule has 3 aromatic rings. The summed E-state index contributed by atoms with van der Waals surface area (Å²) in [5.41, 5.74) is 2.37. The smallest absolute Gasteiger partial charge is 0.254 e. The molecule has 0 bridgehead atoms. The number of hydrogen-bond acceptors (Lipinski definition) is 6. The van der Waals surface area contributed by atoms with E-state index in [1.165, 1.54) is 18.0 Å². The predicted octanol–water partition coefficient (Wildman–Crippen LogP) is 2.92. The molecule has 1 amide bonds. The summed E-state index contributed by atoms with van der Waals surface area (Å²) < 4.78 is 10.6. The van der Waals surface area contributed by atoms with Gasteiger partial charge in [0.2, 0.25) is 12.7 Å². The van der Waals surface area contributed by atoms with Gasteiger partial charge in [-0.25, -0.2) is 9.97 Å². The molecule has 7 nitrogen and oxygen atoms in total. The Morgan fingerprint density at radius 3 is 2.59 bits per heavy atom. The van der Waals surface area contributed by atoms with Crippen molar-refractivity contribution < 1.29 is 14.3 Å². The second kappa shape index (κ2) is 7.74. The van der Waals surface area contributed by atoms with Gasteiger partial charge in [-0.2, -0.15) is 0 Å². The van der Waals surface area contributed by atoms with Crippen molar-refractivity contribution >= 4 is 17.5 Å². The van der Waals surface area contributed by atoms with Crippen molar-refractivity contribution in [3.63, 3.8) is 0 Å². The van der Waals surface area contributed by atoms with Crippen LogP contribution in [0.5, 0.6) is 11.5 Å². The van der Waals surface area contributed by atoms with Gasteiger partial charge in [0.15, 0.2) is 11.5 Å². The van der Waals surface area contributed by atoms with E-state index in [2.05, 4.69) is 20.6 Å². The van der Waals surface area contributed by atoms with E-state index in [4.69, 9.17) is 9.47 Å². The summed E-state index contributed by atoms with van der Waals surface area (Å²) in [6.45, 7) is 0.781. The van der Waals surface area contributed by atoms with E-state index in [-0.39, 0.29) is 12.7 Å². The predicted molar refractivity (Wildman–Crippen MR) is 100 cm³/mol. The Hall–Kier alpha value is -3.61. The second-order valence-electron chi connectivity index (χ2n) is 5.98. The fraction of sp³-hybridized carbons (Fsp3) is 0.150. The second-order valence-corrected chi connectivity index (χ2v) is 5.98. The number of carbonyl (C=O) groups is 1. The minimum Gasteiger partial charge on any atom is -0.454 e. The molecule has 0 atom stereocenters. The van der Waals surface area contributed by atoms with Crippen LogP contribution in [-0.4, -0.2) is 29.2 Å². The van der Waals surface area contributed by atoms with Crippen LogP contribution >= 0.6 is 0 Å². The summed E-state index contributed by atoms with van der Waals surface area (Å²) in [6.07, 6.45) is 3.78. The Morgan fingerprint density at radius 1 is 1.00 bits per heavy atom. The molecule has 0 aliphatic carbocycles. The molecule has 0 saturated heterocycles. The molecule has 2 aromatic carbocycles. The number of benzene rings is 2. The molecule has 4 rings (SSSR count). The topological polar surface area (TPSA) is 85.4 Å². The van der Waals surface area contributed by atoms with E-state index in [9.17, 15) is 4.79 Å². The number of fused-ring (bicyclic) bond motifs is 1. The normalized spacial score (nSPS) is 11.9. The van der Waals surface area contributed by atoms with Crippen molar-refractivity contribution in [2.45, 2.75) is 6.42 Å². The summed E-state index contributed by atoms with van der Waals surface area (Å²) in [6, 6.07) is 15.5. The van der Waals surface area contributed by atoms with E-state index >= 15 is 0 Å². The summed E-state index contributed by atoms with van der Waals surface area (Å²) in [5.74, 6) is 1.59. The van der Waals surface area contributed by atoms with Gasteiger partial charge < -0.3 is 20.1 Å². The number of ether oxygens (including phenoxy) is 2. The lowest BCUT2D eigenvalue weighted by Crippen LogP contribution is -2.26. The molecule has 2 heterocycles. The third-order valence-electron chi connectivity index (χ3n) is 4.08. The molecule has 0 fully saturated rings. The van der Waals surface area contributed by atoms with Crippen LogP contribution in [0.15, 0.2) is 60.9 Å². The molecule has 1 aliphatic heterocycles. The maximum absolute atomic E-state index is 12.2. The molecule has 0 radical (unpaired) electrons. The zero-order valence-electron chi connectivity index (χ0n) is 14.5. The number of amides is 1. The number of nitrogens with zero attached hydrogens (tertiary/aromatic N) is 2. The SMILES string of the molecule is O=C(NCCc1ccccc1)c1cnc(Nc2ccc3c(c2)OCO3)nc1. The molecule has 7 heteroatoms. The van der Waals surface area contributed by atoms with Crippen molar-refractivity contribution in [1.29, 1.82) is 0 Å². The highest BCUT2D eigenvalue weighted by atomic mass is 16.7. The van der Waals surface area contributed by atoms with Gasteiger partial charge in [-0.1, -0.05) is 30.3 Å². The molecule has 2 N–H and O–H groups in total. The van der Waals surface area contributed by atoms with Gasteiger partial charge in [-0.15, -0.1) is 0 Å². The quantitative estimate of drug-likeness (QED) is 0.701. The first kappa shape index (κ1) is 16.8. The third-order valence-corrected chi connectivity index (χ3v) is 4.08. The van der Waals surface area contributed by atoms with E-state index in [0.717, 1.165) is 12.1 Å². The zero-order chi connectivity index (χ0) is 18.5. The molecule has 0 spiro atoms. The van der Waals surface area contributed by atoms with Crippen LogP contribution in [0.1, 0.15) is 15.9 Å². The van der Waals surface area contributed by atoms with Crippen molar-refractivity contribution in [1.82, 2.24) is 15.3 Å². The number of hydrogen-bond donors (Lipinski definition) is 2. The average molecular weight is 362 g/mol. The fourth-order valence-corrected chi connectivity index (χ4v) is 2.68. The lowest BCUT2D eigenvalue weighted by Gasteiger charge is -2.07. The lowest BCUT2D eigenvalue weighted by atomic mass is 10.1. The molecule has 0 unspecified atom stereocenters. The van der Waals surface area contributed by atoms with Crippen LogP contribution in [0.2, 0.25) is 0 Å². The van der Waals surface area contributed by atoms with Gasteiger partial charge in [0.25, 0.3) is 5.91 Å². The largest absolute Gasteiger partial charge is 0.454 e. The van der Waals surface area contributed by atoms with Gasteiger partial charge in [-0.3, -0.25) is 4.79 Å². The molecule has 136 valence electrons. The number of carbonyl (C=O) groups excluding carboxylic acids is 1. The first-order chi connectivity index (χ1) is 13.3. The first-order valence-corrected chi connectivity index (χ1v) is 8.59. The first-order valence-electron chi connectivity index (χ1n) is 8.59. The highest BCUT2D eigenvalue weighted by molar-refractivity contribution is 5.93. The average Bonchev–Trinajstić information content (AvgIpc) is 3.17. The summed E-state index contributed by atoms with van der Waals surface area (Å²) in [5, 5.41) is 5.95. The molecule has 0 saturated carbocycles. The minimum absolute atomic E-state index is 0.194. The van der Waals surface area contributed by atoms with Gasteiger partial charge in [0.1, 0.15) is 0 Å². The molecule has 1 aliphatic rings. The fourth-order valence-electron chi connectivity index (χ4n) is 2.68. The summed E-state index contributed by atoms with van der Waals surface area (Å²) in [7, 11) is 0. The Kier molecular flexibility index (Phi) is 4.82. The zero-order valence-corrected chi connectivity index (χ0v) is 14.5. The molecular formula is C20H18N4O3. The van der Waals surface area contributed by atoms with Crippen molar-refractivity contribution in [3.05, 3.63) is 72.1 Å². The van der Waals surface area contributed by atoms with Crippen LogP contribution < -0.4 is 20.1 Å². The van der Waals surface area contributed by atoms with E-state index in [1.54, 1.807) is 0 Å². The van der Waals surface area contributed by atoms with Gasteiger partial charge in [-0.05, 0) is 24.1 Å². The van der Waals surface area contributed by atoms with Crippen LogP contribution in [0, 0.1) is 0 Å². The van der Waals surface area contributed by atoms with Crippen LogP contribution in [0.25, 0.3) is 0 Å². The maximum atomic E-state index is 12.2. The Labute approximate surface area is 156 Å². The van der Waals surface area contributed by atoms with Crippen molar-refractivity contribution in [3.8, 4) is 11.5 Å². The summed E-state index contributed by atoms with van der Waals surface area (Å²) >= 11 is 0.